The Bertz CT molecular complexity index is 627. The molecule has 0 unspecified atom stereocenters. The maximum absolute atomic E-state index is 8.98. The Kier molecular flexibility index (Phi) is 5.00. The highest BCUT2D eigenvalue weighted by molar-refractivity contribution is 7.10. The van der Waals surface area contributed by atoms with Gasteiger partial charge in [-0.15, -0.1) is 11.3 Å². The lowest BCUT2D eigenvalue weighted by Crippen LogP contribution is -2.31. The molecule has 110 valence electrons. The van der Waals surface area contributed by atoms with Crippen LogP contribution in [0.15, 0.2) is 35.7 Å². The van der Waals surface area contributed by atoms with Gasteiger partial charge >= 0.3 is 0 Å². The van der Waals surface area contributed by atoms with Gasteiger partial charge in [0, 0.05) is 23.4 Å². The number of nitriles is 1. The monoisotopic (exact) mass is 300 g/mol. The topological polar surface area (TPSA) is 45.0 Å². The summed E-state index contributed by atoms with van der Waals surface area (Å²) < 4.78 is 5.23. The molecule has 21 heavy (non-hydrogen) atoms. The molecule has 2 rings (SSSR count). The lowest BCUT2D eigenvalue weighted by Gasteiger charge is -2.23. The second-order valence-electron chi connectivity index (χ2n) is 5.61. The maximum atomic E-state index is 8.98. The van der Waals surface area contributed by atoms with Crippen LogP contribution in [0.1, 0.15) is 29.9 Å². The van der Waals surface area contributed by atoms with Crippen molar-refractivity contribution >= 4 is 11.3 Å². The van der Waals surface area contributed by atoms with Crippen molar-refractivity contribution < 1.29 is 4.74 Å². The van der Waals surface area contributed by atoms with E-state index in [1.54, 1.807) is 24.5 Å². The van der Waals surface area contributed by atoms with Crippen LogP contribution >= 0.6 is 11.3 Å². The predicted molar refractivity (Wildman–Crippen MR) is 86.8 cm³/mol. The largest absolute Gasteiger partial charge is 0.495 e. The molecule has 0 radical (unpaired) electrons. The van der Waals surface area contributed by atoms with Crippen LogP contribution in [0, 0.1) is 11.3 Å². The van der Waals surface area contributed by atoms with Crippen LogP contribution in [0.2, 0.25) is 0 Å². The van der Waals surface area contributed by atoms with Crippen LogP contribution in [0.4, 0.5) is 0 Å². The molecule has 0 aliphatic rings. The number of benzene rings is 1. The molecular weight excluding hydrogens is 280 g/mol. The van der Waals surface area contributed by atoms with Gasteiger partial charge in [-0.2, -0.15) is 5.26 Å². The van der Waals surface area contributed by atoms with Gasteiger partial charge in [-0.05, 0) is 29.1 Å². The lowest BCUT2D eigenvalue weighted by molar-refractivity contribution is 0.412. The SMILES string of the molecule is COc1cc(CNCC(C)(C)c2cccs2)ccc1C#N. The average molecular weight is 300 g/mol. The number of methoxy groups -OCH3 is 1. The van der Waals surface area contributed by atoms with Crippen molar-refractivity contribution in [2.24, 2.45) is 0 Å². The van der Waals surface area contributed by atoms with Crippen LogP contribution in [-0.2, 0) is 12.0 Å². The fraction of sp³-hybridized carbons (Fsp3) is 0.353. The minimum Gasteiger partial charge on any atom is -0.495 e. The molecule has 0 saturated heterocycles. The van der Waals surface area contributed by atoms with E-state index in [0.29, 0.717) is 11.3 Å². The van der Waals surface area contributed by atoms with E-state index in [2.05, 4.69) is 42.7 Å². The van der Waals surface area contributed by atoms with Gasteiger partial charge in [-0.3, -0.25) is 0 Å². The Morgan fingerprint density at radius 2 is 2.14 bits per heavy atom. The van der Waals surface area contributed by atoms with Crippen molar-refractivity contribution in [1.82, 2.24) is 5.32 Å². The Morgan fingerprint density at radius 3 is 2.76 bits per heavy atom. The summed E-state index contributed by atoms with van der Waals surface area (Å²) in [4.78, 5) is 1.38. The fourth-order valence-electron chi connectivity index (χ4n) is 2.21. The first-order valence-corrected chi connectivity index (χ1v) is 7.76. The van der Waals surface area contributed by atoms with E-state index in [1.807, 2.05) is 12.1 Å². The Morgan fingerprint density at radius 1 is 1.33 bits per heavy atom. The van der Waals surface area contributed by atoms with E-state index in [-0.39, 0.29) is 5.41 Å². The van der Waals surface area contributed by atoms with Gasteiger partial charge in [0.25, 0.3) is 0 Å². The standard InChI is InChI=1S/C17H20N2OS/c1-17(2,16-5-4-8-21-16)12-19-11-13-6-7-14(10-18)15(9-13)20-3/h4-9,19H,11-12H2,1-3H3. The molecule has 1 heterocycles. The Balaban J connectivity index is 1.96. The van der Waals surface area contributed by atoms with E-state index >= 15 is 0 Å². The Labute approximate surface area is 130 Å². The minimum atomic E-state index is 0.116. The van der Waals surface area contributed by atoms with E-state index in [4.69, 9.17) is 10.00 Å². The molecule has 0 atom stereocenters. The number of rotatable bonds is 6. The average Bonchev–Trinajstić information content (AvgIpc) is 3.02. The molecule has 0 bridgehead atoms. The Hall–Kier alpha value is -1.83. The highest BCUT2D eigenvalue weighted by Crippen LogP contribution is 2.26. The zero-order valence-corrected chi connectivity index (χ0v) is 13.5. The van der Waals surface area contributed by atoms with Gasteiger partial charge < -0.3 is 10.1 Å². The molecular formula is C17H20N2OS. The van der Waals surface area contributed by atoms with E-state index in [9.17, 15) is 0 Å². The van der Waals surface area contributed by atoms with Gasteiger partial charge in [0.2, 0.25) is 0 Å². The maximum Gasteiger partial charge on any atom is 0.136 e. The predicted octanol–water partition coefficient (Wildman–Crippen LogP) is 3.70. The smallest absolute Gasteiger partial charge is 0.136 e. The summed E-state index contributed by atoms with van der Waals surface area (Å²) in [5.74, 6) is 0.634. The first-order valence-electron chi connectivity index (χ1n) is 6.88. The molecule has 3 nitrogen and oxygen atoms in total. The molecule has 2 aromatic rings. The molecule has 4 heteroatoms. The summed E-state index contributed by atoms with van der Waals surface area (Å²) in [6.07, 6.45) is 0. The zero-order valence-electron chi connectivity index (χ0n) is 12.6. The summed E-state index contributed by atoms with van der Waals surface area (Å²) in [5.41, 5.74) is 1.80. The highest BCUT2D eigenvalue weighted by Gasteiger charge is 2.20. The van der Waals surface area contributed by atoms with Crippen molar-refractivity contribution in [2.75, 3.05) is 13.7 Å². The third-order valence-electron chi connectivity index (χ3n) is 3.47. The van der Waals surface area contributed by atoms with E-state index < -0.39 is 0 Å². The van der Waals surface area contributed by atoms with Gasteiger partial charge in [0.1, 0.15) is 11.8 Å². The number of thiophene rings is 1. The molecule has 0 spiro atoms. The first-order chi connectivity index (χ1) is 10.1. The van der Waals surface area contributed by atoms with E-state index in [1.165, 1.54) is 4.88 Å². The number of hydrogen-bond acceptors (Lipinski definition) is 4. The molecule has 1 N–H and O–H groups in total. The van der Waals surface area contributed by atoms with Crippen LogP contribution < -0.4 is 10.1 Å². The number of ether oxygens (including phenoxy) is 1. The molecule has 1 aromatic carbocycles. The third kappa shape index (κ3) is 3.84. The fourth-order valence-corrected chi connectivity index (χ4v) is 3.06. The quantitative estimate of drug-likeness (QED) is 0.885. The molecule has 0 aliphatic carbocycles. The number of hydrogen-bond donors (Lipinski definition) is 1. The molecule has 0 saturated carbocycles. The normalized spacial score (nSPS) is 11.1. The van der Waals surface area contributed by atoms with Crippen LogP contribution in [-0.4, -0.2) is 13.7 Å². The summed E-state index contributed by atoms with van der Waals surface area (Å²) in [6, 6.07) is 12.1. The van der Waals surface area contributed by atoms with Crippen molar-refractivity contribution in [3.8, 4) is 11.8 Å². The van der Waals surface area contributed by atoms with Crippen LogP contribution in [0.25, 0.3) is 0 Å². The lowest BCUT2D eigenvalue weighted by atomic mass is 9.91. The zero-order chi connectivity index (χ0) is 15.3. The van der Waals surface area contributed by atoms with Crippen LogP contribution in [0.3, 0.4) is 0 Å². The summed E-state index contributed by atoms with van der Waals surface area (Å²) in [5, 5.41) is 14.6. The second kappa shape index (κ2) is 6.75. The summed E-state index contributed by atoms with van der Waals surface area (Å²) in [7, 11) is 1.59. The van der Waals surface area contributed by atoms with Crippen molar-refractivity contribution in [1.29, 1.82) is 5.26 Å². The van der Waals surface area contributed by atoms with Gasteiger partial charge in [-0.25, -0.2) is 0 Å². The summed E-state index contributed by atoms with van der Waals surface area (Å²) >= 11 is 1.79. The third-order valence-corrected chi connectivity index (χ3v) is 4.71. The van der Waals surface area contributed by atoms with Crippen LogP contribution in [0.5, 0.6) is 5.75 Å². The number of nitrogens with one attached hydrogen (secondary N) is 1. The van der Waals surface area contributed by atoms with E-state index in [0.717, 1.165) is 18.7 Å². The van der Waals surface area contributed by atoms with Crippen molar-refractivity contribution in [3.63, 3.8) is 0 Å². The van der Waals surface area contributed by atoms with Gasteiger partial charge in [0.15, 0.2) is 0 Å². The summed E-state index contributed by atoms with van der Waals surface area (Å²) in [6.45, 7) is 6.14. The highest BCUT2D eigenvalue weighted by atomic mass is 32.1. The second-order valence-corrected chi connectivity index (χ2v) is 6.56. The molecule has 0 fully saturated rings. The van der Waals surface area contributed by atoms with Gasteiger partial charge in [-0.1, -0.05) is 26.0 Å². The first kappa shape index (κ1) is 15.6. The minimum absolute atomic E-state index is 0.116. The van der Waals surface area contributed by atoms with Crippen molar-refractivity contribution in [2.45, 2.75) is 25.8 Å². The number of nitrogens with zero attached hydrogens (tertiary/aromatic N) is 1. The molecule has 1 aromatic heterocycles. The molecule has 0 amide bonds. The van der Waals surface area contributed by atoms with Gasteiger partial charge in [0.05, 0.1) is 12.7 Å². The van der Waals surface area contributed by atoms with Crippen molar-refractivity contribution in [3.05, 3.63) is 51.7 Å². The molecule has 0 aliphatic heterocycles.